The Labute approximate surface area is 103 Å². The fourth-order valence-electron chi connectivity index (χ4n) is 1.54. The van der Waals surface area contributed by atoms with Gasteiger partial charge < -0.3 is 14.5 Å². The Morgan fingerprint density at radius 3 is 2.94 bits per heavy atom. The fraction of sp³-hybridized carbons (Fsp3) is 0.154. The van der Waals surface area contributed by atoms with Gasteiger partial charge in [-0.05, 0) is 30.3 Å². The van der Waals surface area contributed by atoms with Crippen molar-refractivity contribution in [3.8, 4) is 0 Å². The monoisotopic (exact) mass is 249 g/mol. The van der Waals surface area contributed by atoms with Crippen LogP contribution in [0.1, 0.15) is 16.1 Å². The quantitative estimate of drug-likeness (QED) is 0.846. The summed E-state index contributed by atoms with van der Waals surface area (Å²) in [7, 11) is 1.25. The Morgan fingerprint density at radius 2 is 2.28 bits per heavy atom. The highest BCUT2D eigenvalue weighted by Crippen LogP contribution is 2.19. The van der Waals surface area contributed by atoms with Gasteiger partial charge in [-0.25, -0.2) is 9.18 Å². The van der Waals surface area contributed by atoms with Crippen molar-refractivity contribution < 1.29 is 18.3 Å². The average molecular weight is 249 g/mol. The van der Waals surface area contributed by atoms with Crippen molar-refractivity contribution in [2.45, 2.75) is 6.54 Å². The molecule has 0 amide bonds. The van der Waals surface area contributed by atoms with Gasteiger partial charge in [-0.15, -0.1) is 0 Å². The van der Waals surface area contributed by atoms with Crippen molar-refractivity contribution in [3.63, 3.8) is 0 Å². The smallest absolute Gasteiger partial charge is 0.340 e. The van der Waals surface area contributed by atoms with Crippen LogP contribution in [0.3, 0.4) is 0 Å². The Bertz CT molecular complexity index is 537. The lowest BCUT2D eigenvalue weighted by Gasteiger charge is -2.09. The Balaban J connectivity index is 2.18. The van der Waals surface area contributed by atoms with Crippen LogP contribution in [0, 0.1) is 5.82 Å². The molecule has 0 saturated carbocycles. The Morgan fingerprint density at radius 1 is 1.44 bits per heavy atom. The number of benzene rings is 1. The van der Waals surface area contributed by atoms with Crippen LogP contribution in [0.25, 0.3) is 0 Å². The number of ether oxygens (including phenoxy) is 1. The lowest BCUT2D eigenvalue weighted by molar-refractivity contribution is 0.0601. The number of methoxy groups -OCH3 is 1. The van der Waals surface area contributed by atoms with Gasteiger partial charge in [-0.3, -0.25) is 0 Å². The van der Waals surface area contributed by atoms with Gasteiger partial charge in [-0.1, -0.05) is 0 Å². The summed E-state index contributed by atoms with van der Waals surface area (Å²) in [6.45, 7) is 0.405. The van der Waals surface area contributed by atoms with E-state index in [1.807, 2.05) is 0 Å². The summed E-state index contributed by atoms with van der Waals surface area (Å²) in [4.78, 5) is 11.5. The van der Waals surface area contributed by atoms with E-state index in [4.69, 9.17) is 4.42 Å². The topological polar surface area (TPSA) is 51.5 Å². The zero-order valence-corrected chi connectivity index (χ0v) is 9.77. The standard InChI is InChI=1S/C13H12FNO3/c1-17-13(16)11-7-9(14)4-5-12(11)15-8-10-3-2-6-18-10/h2-7,15H,8H2,1H3. The summed E-state index contributed by atoms with van der Waals surface area (Å²) in [6.07, 6.45) is 1.56. The number of carbonyl (C=O) groups is 1. The summed E-state index contributed by atoms with van der Waals surface area (Å²) < 4.78 is 22.9. The average Bonchev–Trinajstić information content (AvgIpc) is 2.89. The number of anilines is 1. The van der Waals surface area contributed by atoms with Gasteiger partial charge in [0, 0.05) is 5.69 Å². The molecule has 2 rings (SSSR count). The zero-order chi connectivity index (χ0) is 13.0. The van der Waals surface area contributed by atoms with Crippen molar-refractivity contribution >= 4 is 11.7 Å². The minimum absolute atomic E-state index is 0.157. The van der Waals surface area contributed by atoms with Gasteiger partial charge in [0.2, 0.25) is 0 Å². The first-order valence-electron chi connectivity index (χ1n) is 5.35. The highest BCUT2D eigenvalue weighted by atomic mass is 19.1. The molecule has 1 aromatic carbocycles. The molecule has 0 fully saturated rings. The van der Waals surface area contributed by atoms with E-state index in [9.17, 15) is 9.18 Å². The maximum atomic E-state index is 13.1. The summed E-state index contributed by atoms with van der Waals surface area (Å²) >= 11 is 0. The molecule has 0 atom stereocenters. The largest absolute Gasteiger partial charge is 0.467 e. The van der Waals surface area contributed by atoms with E-state index >= 15 is 0 Å². The maximum absolute atomic E-state index is 13.1. The molecule has 0 aliphatic carbocycles. The second kappa shape index (κ2) is 5.35. The van der Waals surface area contributed by atoms with Crippen molar-refractivity contribution in [1.29, 1.82) is 0 Å². The molecule has 0 aliphatic heterocycles. The van der Waals surface area contributed by atoms with Gasteiger partial charge in [0.25, 0.3) is 0 Å². The van der Waals surface area contributed by atoms with E-state index in [-0.39, 0.29) is 5.56 Å². The number of halogens is 1. The third-order valence-electron chi connectivity index (χ3n) is 2.42. The minimum atomic E-state index is -0.587. The van der Waals surface area contributed by atoms with Gasteiger partial charge in [-0.2, -0.15) is 0 Å². The zero-order valence-electron chi connectivity index (χ0n) is 9.77. The molecule has 94 valence electrons. The van der Waals surface area contributed by atoms with E-state index in [0.29, 0.717) is 12.2 Å². The van der Waals surface area contributed by atoms with Gasteiger partial charge in [0.05, 0.1) is 25.5 Å². The van der Waals surface area contributed by atoms with E-state index in [0.717, 1.165) is 11.8 Å². The normalized spacial score (nSPS) is 10.1. The molecule has 1 N–H and O–H groups in total. The molecule has 0 radical (unpaired) electrons. The highest BCUT2D eigenvalue weighted by Gasteiger charge is 2.13. The molecule has 2 aromatic rings. The lowest BCUT2D eigenvalue weighted by Crippen LogP contribution is -2.08. The maximum Gasteiger partial charge on any atom is 0.340 e. The number of hydrogen-bond acceptors (Lipinski definition) is 4. The summed E-state index contributed by atoms with van der Waals surface area (Å²) in [5.41, 5.74) is 0.656. The minimum Gasteiger partial charge on any atom is -0.467 e. The molecule has 0 unspecified atom stereocenters. The Kier molecular flexibility index (Phi) is 3.62. The van der Waals surface area contributed by atoms with E-state index in [1.165, 1.54) is 19.2 Å². The number of furan rings is 1. The van der Waals surface area contributed by atoms with Crippen LogP contribution in [0.5, 0.6) is 0 Å². The van der Waals surface area contributed by atoms with Crippen LogP contribution >= 0.6 is 0 Å². The summed E-state index contributed by atoms with van der Waals surface area (Å²) in [5.74, 6) is -0.356. The lowest BCUT2D eigenvalue weighted by atomic mass is 10.1. The number of nitrogens with one attached hydrogen (secondary N) is 1. The molecule has 0 aliphatic rings. The molecule has 1 heterocycles. The molecule has 1 aromatic heterocycles. The van der Waals surface area contributed by atoms with Crippen LogP contribution in [-0.4, -0.2) is 13.1 Å². The molecular formula is C13H12FNO3. The first-order chi connectivity index (χ1) is 8.70. The number of esters is 1. The highest BCUT2D eigenvalue weighted by molar-refractivity contribution is 5.95. The first kappa shape index (κ1) is 12.2. The SMILES string of the molecule is COC(=O)c1cc(F)ccc1NCc1ccco1. The van der Waals surface area contributed by atoms with Crippen LogP contribution in [0.2, 0.25) is 0 Å². The van der Waals surface area contributed by atoms with Crippen LogP contribution < -0.4 is 5.32 Å². The third kappa shape index (κ3) is 2.68. The fourth-order valence-corrected chi connectivity index (χ4v) is 1.54. The summed E-state index contributed by atoms with van der Waals surface area (Å²) in [6, 6.07) is 7.47. The van der Waals surface area contributed by atoms with Gasteiger partial charge >= 0.3 is 5.97 Å². The second-order valence-corrected chi connectivity index (χ2v) is 3.61. The molecule has 0 spiro atoms. The van der Waals surface area contributed by atoms with Crippen molar-refractivity contribution in [1.82, 2.24) is 0 Å². The number of carbonyl (C=O) groups excluding carboxylic acids is 1. The third-order valence-corrected chi connectivity index (χ3v) is 2.42. The van der Waals surface area contributed by atoms with E-state index in [2.05, 4.69) is 10.1 Å². The number of hydrogen-bond donors (Lipinski definition) is 1. The van der Waals surface area contributed by atoms with Gasteiger partial charge in [0.15, 0.2) is 0 Å². The Hall–Kier alpha value is -2.30. The van der Waals surface area contributed by atoms with Gasteiger partial charge in [0.1, 0.15) is 11.6 Å². The van der Waals surface area contributed by atoms with Crippen molar-refractivity contribution in [3.05, 3.63) is 53.7 Å². The molecule has 0 bridgehead atoms. The second-order valence-electron chi connectivity index (χ2n) is 3.61. The molecule has 5 heteroatoms. The predicted octanol–water partition coefficient (Wildman–Crippen LogP) is 2.82. The molecule has 18 heavy (non-hydrogen) atoms. The van der Waals surface area contributed by atoms with Crippen LogP contribution in [0.4, 0.5) is 10.1 Å². The predicted molar refractivity (Wildman–Crippen MR) is 63.8 cm³/mol. The van der Waals surface area contributed by atoms with Crippen LogP contribution in [0.15, 0.2) is 41.0 Å². The van der Waals surface area contributed by atoms with E-state index < -0.39 is 11.8 Å². The first-order valence-corrected chi connectivity index (χ1v) is 5.35. The van der Waals surface area contributed by atoms with Crippen LogP contribution in [-0.2, 0) is 11.3 Å². The summed E-state index contributed by atoms with van der Waals surface area (Å²) in [5, 5.41) is 3.00. The van der Waals surface area contributed by atoms with Crippen molar-refractivity contribution in [2.75, 3.05) is 12.4 Å². The number of rotatable bonds is 4. The van der Waals surface area contributed by atoms with Crippen molar-refractivity contribution in [2.24, 2.45) is 0 Å². The molecular weight excluding hydrogens is 237 g/mol. The molecule has 4 nitrogen and oxygen atoms in total. The van der Waals surface area contributed by atoms with E-state index in [1.54, 1.807) is 18.4 Å². The molecule has 0 saturated heterocycles.